The smallest absolute Gasteiger partial charge is 0.355 e. The van der Waals surface area contributed by atoms with E-state index in [1.54, 1.807) is 5.38 Å². The highest BCUT2D eigenvalue weighted by Gasteiger charge is 2.13. The van der Waals surface area contributed by atoms with Crippen molar-refractivity contribution < 1.29 is 9.90 Å². The molecule has 0 aliphatic carbocycles. The molecule has 0 bridgehead atoms. The number of benzene rings is 1. The third-order valence-corrected chi connectivity index (χ3v) is 3.48. The van der Waals surface area contributed by atoms with Crippen LogP contribution in [0.4, 0.5) is 5.13 Å². The van der Waals surface area contributed by atoms with E-state index in [1.807, 2.05) is 37.3 Å². The average Bonchev–Trinajstić information content (AvgIpc) is 2.87. The van der Waals surface area contributed by atoms with Crippen LogP contribution in [0, 0.1) is 0 Å². The largest absolute Gasteiger partial charge is 0.476 e. The molecule has 18 heavy (non-hydrogen) atoms. The first kappa shape index (κ1) is 12.6. The van der Waals surface area contributed by atoms with Gasteiger partial charge in [-0.15, -0.1) is 11.3 Å². The van der Waals surface area contributed by atoms with Gasteiger partial charge in [-0.3, -0.25) is 0 Å². The van der Waals surface area contributed by atoms with Gasteiger partial charge in [-0.2, -0.15) is 0 Å². The lowest BCUT2D eigenvalue weighted by molar-refractivity contribution is 0.0691. The van der Waals surface area contributed by atoms with Crippen LogP contribution >= 0.6 is 11.3 Å². The van der Waals surface area contributed by atoms with Crippen LogP contribution < -0.4 is 4.90 Å². The summed E-state index contributed by atoms with van der Waals surface area (Å²) in [5.74, 6) is -0.978. The second-order valence-corrected chi connectivity index (χ2v) is 4.66. The highest BCUT2D eigenvalue weighted by Crippen LogP contribution is 2.22. The standard InChI is InChI=1S/C13H14N2O2S/c1-2-15(8-10-6-4-3-5-7-10)13-14-11(9-18-13)12(16)17/h3-7,9H,2,8H2,1H3,(H,16,17). The molecule has 0 saturated heterocycles. The van der Waals surface area contributed by atoms with Gasteiger partial charge in [0.2, 0.25) is 0 Å². The number of carboxylic acid groups (broad SMARTS) is 1. The fraction of sp³-hybridized carbons (Fsp3) is 0.231. The van der Waals surface area contributed by atoms with Gasteiger partial charge < -0.3 is 10.0 Å². The normalized spacial score (nSPS) is 10.3. The van der Waals surface area contributed by atoms with Crippen molar-refractivity contribution >= 4 is 22.4 Å². The third kappa shape index (κ3) is 2.87. The number of aromatic carboxylic acids is 1. The Morgan fingerprint density at radius 1 is 1.39 bits per heavy atom. The van der Waals surface area contributed by atoms with Gasteiger partial charge in [0, 0.05) is 18.5 Å². The van der Waals surface area contributed by atoms with E-state index in [4.69, 9.17) is 5.11 Å². The van der Waals surface area contributed by atoms with E-state index in [0.717, 1.165) is 18.2 Å². The first-order valence-corrected chi connectivity index (χ1v) is 6.56. The summed E-state index contributed by atoms with van der Waals surface area (Å²) in [6.07, 6.45) is 0. The summed E-state index contributed by atoms with van der Waals surface area (Å²) in [5, 5.41) is 11.2. The first-order chi connectivity index (χ1) is 8.70. The number of thiazole rings is 1. The molecule has 1 N–H and O–H groups in total. The van der Waals surface area contributed by atoms with Crippen LogP contribution in [0.5, 0.6) is 0 Å². The Morgan fingerprint density at radius 3 is 2.67 bits per heavy atom. The van der Waals surface area contributed by atoms with Gasteiger partial charge in [-0.05, 0) is 12.5 Å². The summed E-state index contributed by atoms with van der Waals surface area (Å²) >= 11 is 1.36. The summed E-state index contributed by atoms with van der Waals surface area (Å²) in [7, 11) is 0. The molecule has 2 aromatic rings. The van der Waals surface area contributed by atoms with Gasteiger partial charge in [0.1, 0.15) is 0 Å². The average molecular weight is 262 g/mol. The SMILES string of the molecule is CCN(Cc1ccccc1)c1nc(C(=O)O)cs1. The fourth-order valence-electron chi connectivity index (χ4n) is 1.63. The highest BCUT2D eigenvalue weighted by atomic mass is 32.1. The van der Waals surface area contributed by atoms with E-state index in [-0.39, 0.29) is 5.69 Å². The summed E-state index contributed by atoms with van der Waals surface area (Å²) < 4.78 is 0. The molecule has 1 heterocycles. The van der Waals surface area contributed by atoms with Gasteiger partial charge in [0.25, 0.3) is 0 Å². The molecule has 4 nitrogen and oxygen atoms in total. The maximum Gasteiger partial charge on any atom is 0.355 e. The van der Waals surface area contributed by atoms with Crippen molar-refractivity contribution in [3.63, 3.8) is 0 Å². The molecule has 0 unspecified atom stereocenters. The molecule has 0 radical (unpaired) electrons. The molecule has 0 atom stereocenters. The molecular weight excluding hydrogens is 248 g/mol. The second kappa shape index (κ2) is 5.64. The van der Waals surface area contributed by atoms with E-state index in [1.165, 1.54) is 16.9 Å². The number of aromatic nitrogens is 1. The van der Waals surface area contributed by atoms with E-state index in [9.17, 15) is 4.79 Å². The Hall–Kier alpha value is -1.88. The number of carbonyl (C=O) groups is 1. The van der Waals surface area contributed by atoms with Crippen LogP contribution in [0.2, 0.25) is 0 Å². The molecule has 2 rings (SSSR count). The van der Waals surface area contributed by atoms with Crippen LogP contribution in [-0.2, 0) is 6.54 Å². The molecule has 0 aliphatic heterocycles. The van der Waals surface area contributed by atoms with Crippen molar-refractivity contribution in [2.24, 2.45) is 0 Å². The summed E-state index contributed by atoms with van der Waals surface area (Å²) in [4.78, 5) is 17.0. The molecule has 0 amide bonds. The fourth-order valence-corrected chi connectivity index (χ4v) is 2.49. The van der Waals surface area contributed by atoms with Crippen LogP contribution in [-0.4, -0.2) is 22.6 Å². The molecule has 5 heteroatoms. The van der Waals surface area contributed by atoms with E-state index >= 15 is 0 Å². The number of nitrogens with zero attached hydrogens (tertiary/aromatic N) is 2. The Bertz CT molecular complexity index is 525. The van der Waals surface area contributed by atoms with E-state index in [2.05, 4.69) is 9.88 Å². The number of hydrogen-bond acceptors (Lipinski definition) is 4. The topological polar surface area (TPSA) is 53.4 Å². The Kier molecular flexibility index (Phi) is 3.94. The first-order valence-electron chi connectivity index (χ1n) is 5.68. The Balaban J connectivity index is 2.15. The lowest BCUT2D eigenvalue weighted by Gasteiger charge is -2.19. The maximum atomic E-state index is 10.8. The number of anilines is 1. The van der Waals surface area contributed by atoms with Crippen molar-refractivity contribution in [3.05, 3.63) is 47.0 Å². The van der Waals surface area contributed by atoms with Gasteiger partial charge in [0.15, 0.2) is 10.8 Å². The predicted molar refractivity (Wildman–Crippen MR) is 72.2 cm³/mol. The minimum atomic E-state index is -0.978. The molecule has 0 saturated carbocycles. The monoisotopic (exact) mass is 262 g/mol. The van der Waals surface area contributed by atoms with Crippen molar-refractivity contribution in [2.75, 3.05) is 11.4 Å². The second-order valence-electron chi connectivity index (χ2n) is 3.82. The van der Waals surface area contributed by atoms with E-state index < -0.39 is 5.97 Å². The quantitative estimate of drug-likeness (QED) is 0.900. The van der Waals surface area contributed by atoms with Gasteiger partial charge in [-0.1, -0.05) is 30.3 Å². The zero-order valence-corrected chi connectivity index (χ0v) is 10.9. The molecule has 1 aromatic carbocycles. The maximum absolute atomic E-state index is 10.8. The van der Waals surface area contributed by atoms with Crippen LogP contribution in [0.3, 0.4) is 0 Å². The van der Waals surface area contributed by atoms with Crippen molar-refractivity contribution in [3.8, 4) is 0 Å². The van der Waals surface area contributed by atoms with Crippen LogP contribution in [0.15, 0.2) is 35.7 Å². The zero-order valence-electron chi connectivity index (χ0n) is 10.0. The van der Waals surface area contributed by atoms with Gasteiger partial charge in [0.05, 0.1) is 0 Å². The Morgan fingerprint density at radius 2 is 2.11 bits per heavy atom. The molecule has 94 valence electrons. The van der Waals surface area contributed by atoms with Gasteiger partial charge >= 0.3 is 5.97 Å². The molecule has 1 aromatic heterocycles. The molecule has 0 spiro atoms. The van der Waals surface area contributed by atoms with Gasteiger partial charge in [-0.25, -0.2) is 9.78 Å². The minimum Gasteiger partial charge on any atom is -0.476 e. The minimum absolute atomic E-state index is 0.113. The van der Waals surface area contributed by atoms with E-state index in [0.29, 0.717) is 0 Å². The summed E-state index contributed by atoms with van der Waals surface area (Å²) in [6, 6.07) is 10.1. The molecular formula is C13H14N2O2S. The lowest BCUT2D eigenvalue weighted by Crippen LogP contribution is -2.21. The van der Waals surface area contributed by atoms with Crippen molar-refractivity contribution in [1.29, 1.82) is 0 Å². The molecule has 0 fully saturated rings. The Labute approximate surface area is 110 Å². The van der Waals surface area contributed by atoms with Crippen LogP contribution in [0.1, 0.15) is 23.0 Å². The number of hydrogen-bond donors (Lipinski definition) is 1. The molecule has 0 aliphatic rings. The number of carboxylic acids is 1. The lowest BCUT2D eigenvalue weighted by atomic mass is 10.2. The summed E-state index contributed by atoms with van der Waals surface area (Å²) in [5.41, 5.74) is 1.30. The zero-order chi connectivity index (χ0) is 13.0. The third-order valence-electron chi connectivity index (χ3n) is 2.58. The highest BCUT2D eigenvalue weighted by molar-refractivity contribution is 7.13. The predicted octanol–water partition coefficient (Wildman–Crippen LogP) is 2.87. The van der Waals surface area contributed by atoms with Crippen LogP contribution in [0.25, 0.3) is 0 Å². The number of rotatable bonds is 5. The van der Waals surface area contributed by atoms with Crippen molar-refractivity contribution in [1.82, 2.24) is 4.98 Å². The van der Waals surface area contributed by atoms with Crippen molar-refractivity contribution in [2.45, 2.75) is 13.5 Å². The summed E-state index contributed by atoms with van der Waals surface area (Å²) in [6.45, 7) is 3.57.